The van der Waals surface area contributed by atoms with Crippen molar-refractivity contribution in [3.05, 3.63) is 48.0 Å². The molecule has 0 aliphatic heterocycles. The van der Waals surface area contributed by atoms with Crippen LogP contribution in [-0.2, 0) is 0 Å². The molecule has 0 saturated heterocycles. The maximum absolute atomic E-state index is 3.42. The summed E-state index contributed by atoms with van der Waals surface area (Å²) in [5, 5.41) is 6.04. The summed E-state index contributed by atoms with van der Waals surface area (Å²) >= 11 is 0. The average molecular weight is 227 g/mol. The van der Waals surface area contributed by atoms with Crippen LogP contribution in [0, 0.1) is 5.41 Å². The minimum Gasteiger partial charge on any atom is -0.313 e. The van der Waals surface area contributed by atoms with Crippen molar-refractivity contribution in [2.45, 2.75) is 26.8 Å². The molecule has 1 nitrogen and oxygen atoms in total. The van der Waals surface area contributed by atoms with Crippen LogP contribution < -0.4 is 5.32 Å². The fourth-order valence-corrected chi connectivity index (χ4v) is 2.49. The molecule has 0 fully saturated rings. The Bertz CT molecular complexity index is 508. The summed E-state index contributed by atoms with van der Waals surface area (Å²) in [6.07, 6.45) is 0. The lowest BCUT2D eigenvalue weighted by Crippen LogP contribution is -2.29. The van der Waals surface area contributed by atoms with Crippen molar-refractivity contribution >= 4 is 10.8 Å². The van der Waals surface area contributed by atoms with Crippen LogP contribution in [0.3, 0.4) is 0 Å². The molecule has 1 N–H and O–H groups in total. The van der Waals surface area contributed by atoms with Crippen molar-refractivity contribution < 1.29 is 0 Å². The summed E-state index contributed by atoms with van der Waals surface area (Å²) in [6.45, 7) is 6.80. The lowest BCUT2D eigenvalue weighted by molar-refractivity contribution is 0.287. The zero-order chi connectivity index (χ0) is 12.5. The minimum atomic E-state index is 0.219. The van der Waals surface area contributed by atoms with E-state index in [-0.39, 0.29) is 5.41 Å². The van der Waals surface area contributed by atoms with E-state index in [4.69, 9.17) is 0 Å². The molecule has 2 rings (SSSR count). The van der Waals surface area contributed by atoms with Gasteiger partial charge in [-0.2, -0.15) is 0 Å². The molecule has 2 aromatic rings. The predicted octanol–water partition coefficient (Wildman–Crippen LogP) is 4.15. The summed E-state index contributed by atoms with van der Waals surface area (Å²) in [5.41, 5.74) is 1.58. The van der Waals surface area contributed by atoms with Gasteiger partial charge in [0.05, 0.1) is 0 Å². The number of nitrogens with one attached hydrogen (secondary N) is 1. The lowest BCUT2D eigenvalue weighted by atomic mass is 9.82. The van der Waals surface area contributed by atoms with Crippen LogP contribution in [0.1, 0.15) is 32.4 Å². The first-order valence-corrected chi connectivity index (χ1v) is 6.18. The van der Waals surface area contributed by atoms with Gasteiger partial charge in [0, 0.05) is 6.04 Å². The van der Waals surface area contributed by atoms with Gasteiger partial charge in [-0.3, -0.25) is 0 Å². The average Bonchev–Trinajstić information content (AvgIpc) is 2.28. The van der Waals surface area contributed by atoms with Gasteiger partial charge < -0.3 is 5.32 Å². The Morgan fingerprint density at radius 3 is 2.18 bits per heavy atom. The van der Waals surface area contributed by atoms with Gasteiger partial charge in [0.15, 0.2) is 0 Å². The highest BCUT2D eigenvalue weighted by molar-refractivity contribution is 5.83. The van der Waals surface area contributed by atoms with Crippen molar-refractivity contribution in [3.8, 4) is 0 Å². The van der Waals surface area contributed by atoms with E-state index < -0.39 is 0 Å². The predicted molar refractivity (Wildman–Crippen MR) is 75.2 cm³/mol. The summed E-state index contributed by atoms with van der Waals surface area (Å²) in [7, 11) is 2.03. The third-order valence-corrected chi connectivity index (χ3v) is 3.26. The highest BCUT2D eigenvalue weighted by atomic mass is 14.9. The van der Waals surface area contributed by atoms with Crippen LogP contribution in [0.4, 0.5) is 0 Å². The van der Waals surface area contributed by atoms with E-state index >= 15 is 0 Å². The fraction of sp³-hybridized carbons (Fsp3) is 0.375. The van der Waals surface area contributed by atoms with Crippen LogP contribution in [0.5, 0.6) is 0 Å². The van der Waals surface area contributed by atoms with E-state index in [9.17, 15) is 0 Å². The third-order valence-electron chi connectivity index (χ3n) is 3.26. The van der Waals surface area contributed by atoms with Crippen LogP contribution in [0.15, 0.2) is 42.5 Å². The Morgan fingerprint density at radius 2 is 1.59 bits per heavy atom. The van der Waals surface area contributed by atoms with Crippen molar-refractivity contribution in [3.63, 3.8) is 0 Å². The molecule has 90 valence electrons. The Kier molecular flexibility index (Phi) is 3.21. The van der Waals surface area contributed by atoms with E-state index in [2.05, 4.69) is 68.6 Å². The first-order valence-electron chi connectivity index (χ1n) is 6.18. The van der Waals surface area contributed by atoms with E-state index in [0.717, 1.165) is 0 Å². The lowest BCUT2D eigenvalue weighted by Gasteiger charge is -2.31. The first-order chi connectivity index (χ1) is 8.02. The molecule has 0 bridgehead atoms. The molecule has 0 radical (unpaired) electrons. The fourth-order valence-electron chi connectivity index (χ4n) is 2.49. The van der Waals surface area contributed by atoms with E-state index in [0.29, 0.717) is 6.04 Å². The normalized spacial score (nSPS) is 13.9. The molecule has 1 heteroatoms. The van der Waals surface area contributed by atoms with E-state index in [1.54, 1.807) is 0 Å². The number of hydrogen-bond donors (Lipinski definition) is 1. The zero-order valence-corrected chi connectivity index (χ0v) is 11.1. The van der Waals surface area contributed by atoms with Gasteiger partial charge in [0.25, 0.3) is 0 Å². The molecule has 0 aliphatic carbocycles. The molecule has 0 aliphatic rings. The standard InChI is InChI=1S/C16H21N/c1-16(2,3)15(17-4)14-10-9-12-7-5-6-8-13(12)11-14/h5-11,15,17H,1-4H3. The molecule has 0 heterocycles. The summed E-state index contributed by atoms with van der Waals surface area (Å²) < 4.78 is 0. The SMILES string of the molecule is CNC(c1ccc2ccccc2c1)C(C)(C)C. The van der Waals surface area contributed by atoms with Crippen LogP contribution in [0.25, 0.3) is 10.8 Å². The van der Waals surface area contributed by atoms with Gasteiger partial charge in [0.2, 0.25) is 0 Å². The minimum absolute atomic E-state index is 0.219. The Balaban J connectivity index is 2.48. The quantitative estimate of drug-likeness (QED) is 0.812. The largest absolute Gasteiger partial charge is 0.313 e. The van der Waals surface area contributed by atoms with Gasteiger partial charge in [-0.25, -0.2) is 0 Å². The van der Waals surface area contributed by atoms with Crippen molar-refractivity contribution in [2.24, 2.45) is 5.41 Å². The molecule has 1 unspecified atom stereocenters. The summed E-state index contributed by atoms with van der Waals surface area (Å²) in [5.74, 6) is 0. The van der Waals surface area contributed by atoms with E-state index in [1.165, 1.54) is 16.3 Å². The second-order valence-corrected chi connectivity index (χ2v) is 5.69. The van der Waals surface area contributed by atoms with Crippen molar-refractivity contribution in [1.82, 2.24) is 5.32 Å². The van der Waals surface area contributed by atoms with Gasteiger partial charge in [-0.1, -0.05) is 57.2 Å². The number of hydrogen-bond acceptors (Lipinski definition) is 1. The maximum Gasteiger partial charge on any atom is 0.0366 e. The monoisotopic (exact) mass is 227 g/mol. The molecule has 0 saturated carbocycles. The highest BCUT2D eigenvalue weighted by Gasteiger charge is 2.24. The van der Waals surface area contributed by atoms with E-state index in [1.807, 2.05) is 7.05 Å². The second-order valence-electron chi connectivity index (χ2n) is 5.69. The molecular weight excluding hydrogens is 206 g/mol. The maximum atomic E-state index is 3.42. The van der Waals surface area contributed by atoms with Gasteiger partial charge in [0.1, 0.15) is 0 Å². The molecule has 17 heavy (non-hydrogen) atoms. The number of fused-ring (bicyclic) bond motifs is 1. The molecule has 0 aromatic heterocycles. The smallest absolute Gasteiger partial charge is 0.0366 e. The van der Waals surface area contributed by atoms with Crippen molar-refractivity contribution in [1.29, 1.82) is 0 Å². The molecule has 0 amide bonds. The molecule has 1 atom stereocenters. The Morgan fingerprint density at radius 1 is 0.941 bits per heavy atom. The van der Waals surface area contributed by atoms with Crippen molar-refractivity contribution in [2.75, 3.05) is 7.05 Å². The van der Waals surface area contributed by atoms with Gasteiger partial charge >= 0.3 is 0 Å². The third kappa shape index (κ3) is 2.50. The Hall–Kier alpha value is -1.34. The molecular formula is C16H21N. The summed E-state index contributed by atoms with van der Waals surface area (Å²) in [4.78, 5) is 0. The number of rotatable bonds is 2. The topological polar surface area (TPSA) is 12.0 Å². The summed E-state index contributed by atoms with van der Waals surface area (Å²) in [6, 6.07) is 15.6. The second kappa shape index (κ2) is 4.50. The van der Waals surface area contributed by atoms with Crippen LogP contribution in [-0.4, -0.2) is 7.05 Å². The number of benzene rings is 2. The van der Waals surface area contributed by atoms with Crippen LogP contribution in [0.2, 0.25) is 0 Å². The molecule has 2 aromatic carbocycles. The molecule has 0 spiro atoms. The van der Waals surface area contributed by atoms with Gasteiger partial charge in [-0.15, -0.1) is 0 Å². The highest BCUT2D eigenvalue weighted by Crippen LogP contribution is 2.33. The van der Waals surface area contributed by atoms with Crippen LogP contribution >= 0.6 is 0 Å². The first kappa shape index (κ1) is 12.1. The van der Waals surface area contributed by atoms with Gasteiger partial charge in [-0.05, 0) is 34.9 Å². The zero-order valence-electron chi connectivity index (χ0n) is 11.1. The Labute approximate surface area is 104 Å².